The zero-order valence-electron chi connectivity index (χ0n) is 52.0. The van der Waals surface area contributed by atoms with Crippen LogP contribution in [-0.4, -0.2) is 377 Å². The number of carboxylic acid groups (broad SMARTS) is 2. The van der Waals surface area contributed by atoms with Crippen LogP contribution in [0.15, 0.2) is 0 Å². The molecule has 0 saturated carbocycles. The molecule has 2 saturated heterocycles. The molecule has 2 aliphatic rings. The van der Waals surface area contributed by atoms with Crippen LogP contribution in [0.3, 0.4) is 0 Å². The van der Waals surface area contributed by atoms with Crippen molar-refractivity contribution >= 4 is 100 Å². The van der Waals surface area contributed by atoms with E-state index in [0.717, 1.165) is 34.5 Å². The molecule has 0 amide bonds. The summed E-state index contributed by atoms with van der Waals surface area (Å²) in [4.78, 5) is 77.4. The molecule has 12 atom stereocenters. The third-order valence-electron chi connectivity index (χ3n) is 9.83. The number of rotatable bonds is 40. The zero-order chi connectivity index (χ0) is 66.1. The summed E-state index contributed by atoms with van der Waals surface area (Å²) in [5.41, 5.74) is 0. The molecule has 20 N–H and O–H groups in total. The van der Waals surface area contributed by atoms with Gasteiger partial charge >= 0.3 is 29.5 Å². The van der Waals surface area contributed by atoms with Crippen LogP contribution in [0.1, 0.15) is 19.8 Å². The van der Waals surface area contributed by atoms with Gasteiger partial charge in [0.1, 0.15) is 68.1 Å². The Labute approximate surface area is 596 Å². The average Bonchev–Trinajstić information content (AvgIpc) is 1.08. The van der Waals surface area contributed by atoms with E-state index in [-0.39, 0.29) is 122 Å². The van der Waals surface area contributed by atoms with Crippen molar-refractivity contribution in [2.75, 3.05) is 178 Å². The topological polar surface area (TPSA) is 522 Å². The van der Waals surface area contributed by atoms with Gasteiger partial charge in [-0.1, -0.05) is 0 Å². The van der Waals surface area contributed by atoms with E-state index in [1.807, 2.05) is 37.5 Å². The second-order valence-electron chi connectivity index (χ2n) is 17.2. The van der Waals surface area contributed by atoms with Crippen molar-refractivity contribution < 1.29 is 218 Å². The maximum Gasteiger partial charge on any atom is 0.492 e. The summed E-state index contributed by atoms with van der Waals surface area (Å²) in [5.74, 6) is 2.39. The number of hydrogen-bond donors (Lipinski definition) is 18. The number of carbonyl (C=O) groups is 2. The molecule has 0 aromatic carbocycles. The molecule has 0 spiro atoms. The summed E-state index contributed by atoms with van der Waals surface area (Å²) in [6.45, 7) is -0.711. The molecule has 89 heavy (non-hydrogen) atoms. The molecule has 12 unspecified atom stereocenters. The predicted octanol–water partition coefficient (Wildman–Crippen LogP) is -4.86. The van der Waals surface area contributed by atoms with Gasteiger partial charge in [0.25, 0.3) is 0 Å². The van der Waals surface area contributed by atoms with Crippen LogP contribution in [-0.2, 0) is 122 Å². The third-order valence-corrected chi connectivity index (χ3v) is 15.4. The molecule has 31 nitrogen and oxygen atoms in total. The van der Waals surface area contributed by atoms with Crippen molar-refractivity contribution in [1.82, 2.24) is 0 Å². The van der Waals surface area contributed by atoms with Gasteiger partial charge in [-0.15, -0.1) is 0 Å². The molecule has 0 aromatic heterocycles. The first-order valence-electron chi connectivity index (χ1n) is 26.4. The number of thioether (sulfide) groups is 6. The van der Waals surface area contributed by atoms with Crippen molar-refractivity contribution in [3.8, 4) is 0 Å². The normalized spacial score (nSPS) is 21.5. The number of ether oxygens (including phenoxy) is 10. The molecular formula is C47H106O31S6Si2Ti3. The minimum atomic E-state index is -4.30. The van der Waals surface area contributed by atoms with E-state index in [2.05, 4.69) is 0 Å². The Kier molecular flexibility index (Phi) is 94.4. The fraction of sp³-hybridized carbons (Fsp3) is 0.957. The Balaban J connectivity index is -0.000000221. The van der Waals surface area contributed by atoms with Gasteiger partial charge in [0, 0.05) is 132 Å². The van der Waals surface area contributed by atoms with Gasteiger partial charge in [0.05, 0.1) is 78.8 Å². The molecule has 0 radical (unpaired) electrons. The largest absolute Gasteiger partial charge is 0.492 e. The Morgan fingerprint density at radius 2 is 0.888 bits per heavy atom. The first-order valence-corrected chi connectivity index (χ1v) is 38.8. The number of hydrogen-bond acceptors (Lipinski definition) is 34. The third kappa shape index (κ3) is 71.6. The van der Waals surface area contributed by atoms with Crippen LogP contribution in [0.25, 0.3) is 0 Å². The summed E-state index contributed by atoms with van der Waals surface area (Å²) in [5, 5.41) is 110. The fourth-order valence-corrected chi connectivity index (χ4v) is 8.42. The van der Waals surface area contributed by atoms with E-state index in [0.29, 0.717) is 39.6 Å². The zero-order valence-corrected chi connectivity index (χ0v) is 63.6. The number of aliphatic hydroxyl groups is 10. The number of carboxylic acids is 2. The summed E-state index contributed by atoms with van der Waals surface area (Å²) in [7, 11) is -7.25. The van der Waals surface area contributed by atoms with Crippen LogP contribution in [0.2, 0.25) is 12.1 Å². The molecule has 0 aromatic rings. The molecule has 2 fully saturated rings. The number of aliphatic hydroxyl groups excluding tert-OH is 10. The van der Waals surface area contributed by atoms with Gasteiger partial charge in [0.2, 0.25) is 0 Å². The van der Waals surface area contributed by atoms with Crippen LogP contribution in [0, 0.1) is 0 Å². The maximum absolute atomic E-state index is 11.4. The summed E-state index contributed by atoms with van der Waals surface area (Å²) in [6.07, 6.45) is -4.43. The van der Waals surface area contributed by atoms with E-state index >= 15 is 0 Å². The SMILES string of the molecule is COCC1OC(OCC2OC(C)C(O)C(OCC(=O)O)C2OCC(O)COCCC[Si](O)(O)O)C(OCC(=O)O)C(O)C1OCC(O)OCCC[Si](O)(O)O.CSCCO.CSCCO.CSCCO.CSCCO.CSCCO.CSCCO.O.[Ti].[Ti].[Ti]. The van der Waals surface area contributed by atoms with Gasteiger partial charge < -0.3 is 143 Å². The van der Waals surface area contributed by atoms with Gasteiger partial charge in [0.15, 0.2) is 12.6 Å². The quantitative estimate of drug-likeness (QED) is 0.0155. The van der Waals surface area contributed by atoms with Crippen LogP contribution < -0.4 is 0 Å². The molecule has 2 heterocycles. The number of aliphatic carboxylic acids is 2. The Morgan fingerprint density at radius 3 is 1.25 bits per heavy atom. The van der Waals surface area contributed by atoms with E-state index in [1.165, 1.54) is 14.0 Å². The fourth-order valence-electron chi connectivity index (χ4n) is 6.09. The second-order valence-corrected chi connectivity index (χ2v) is 27.2. The minimum absolute atomic E-state index is 0. The van der Waals surface area contributed by atoms with Gasteiger partial charge in [-0.25, -0.2) is 9.59 Å². The van der Waals surface area contributed by atoms with Crippen LogP contribution in [0.4, 0.5) is 0 Å². The standard InChI is InChI=1S/C29H56O24Si2.6C3H8OS.H2O.3Ti/c1-16-23(36)27(48-13-20(31)32)26(47-10-17(30)9-45-5-3-7-54(38,39)40)19(52-16)12-51-29-28(49-14-21(33)34)24(37)25(18(53-29)11-44-2)50-15-22(35)46-6-4-8-55(41,42)43;6*1-5-3-2-4;;;;/h16-19,22-30,35-43H,3-15H2,1-2H3,(H,31,32)(H,33,34);6*4H,2-3H2,1H3;1H2;;;. The Hall–Kier alpha value is 2.54. The molecule has 2 aliphatic heterocycles. The van der Waals surface area contributed by atoms with Crippen molar-refractivity contribution in [3.05, 3.63) is 0 Å². The van der Waals surface area contributed by atoms with Gasteiger partial charge in [-0.05, 0) is 57.3 Å². The van der Waals surface area contributed by atoms with E-state index in [1.54, 1.807) is 70.6 Å². The summed E-state index contributed by atoms with van der Waals surface area (Å²) < 4.78 is 55.8. The predicted molar refractivity (Wildman–Crippen MR) is 336 cm³/mol. The van der Waals surface area contributed by atoms with Crippen molar-refractivity contribution in [2.24, 2.45) is 0 Å². The Morgan fingerprint density at radius 1 is 0.506 bits per heavy atom. The molecule has 2 rings (SSSR count). The molecule has 536 valence electrons. The Bertz CT molecular complexity index is 1400. The average molecular weight is 1560 g/mol. The van der Waals surface area contributed by atoms with Crippen LogP contribution >= 0.6 is 70.6 Å². The molecule has 0 aliphatic carbocycles. The molecular weight excluding hydrogens is 1450 g/mol. The van der Waals surface area contributed by atoms with Gasteiger partial charge in [-0.2, -0.15) is 70.6 Å². The van der Waals surface area contributed by atoms with E-state index in [4.69, 9.17) is 107 Å². The molecule has 42 heteroatoms. The monoisotopic (exact) mass is 1560 g/mol. The maximum atomic E-state index is 11.4. The summed E-state index contributed by atoms with van der Waals surface area (Å²) in [6, 6.07) is -0.622. The molecule has 0 bridgehead atoms. The number of methoxy groups -OCH3 is 1. The van der Waals surface area contributed by atoms with Crippen LogP contribution in [0.5, 0.6) is 0 Å². The second kappa shape index (κ2) is 76.3. The van der Waals surface area contributed by atoms with E-state index in [9.17, 15) is 40.2 Å². The smallest absolute Gasteiger partial charge is 0.480 e. The summed E-state index contributed by atoms with van der Waals surface area (Å²) >= 11 is 9.91. The van der Waals surface area contributed by atoms with Crippen molar-refractivity contribution in [1.29, 1.82) is 0 Å². The van der Waals surface area contributed by atoms with Gasteiger partial charge in [-0.3, -0.25) is 0 Å². The van der Waals surface area contributed by atoms with E-state index < -0.39 is 136 Å². The minimum Gasteiger partial charge on any atom is -0.480 e. The van der Waals surface area contributed by atoms with Crippen molar-refractivity contribution in [2.45, 2.75) is 105 Å². The first-order chi connectivity index (χ1) is 40.2. The van der Waals surface area contributed by atoms with Crippen molar-refractivity contribution in [3.63, 3.8) is 0 Å². The first kappa shape index (κ1) is 110.